The van der Waals surface area contributed by atoms with E-state index in [0.717, 1.165) is 11.1 Å². The van der Waals surface area contributed by atoms with Crippen molar-refractivity contribution in [3.05, 3.63) is 60.8 Å². The first-order valence-electron chi connectivity index (χ1n) is 7.12. The van der Waals surface area contributed by atoms with Crippen LogP contribution in [0.15, 0.2) is 65.8 Å². The Morgan fingerprint density at radius 1 is 1.13 bits per heavy atom. The van der Waals surface area contributed by atoms with Crippen LogP contribution in [0.1, 0.15) is 6.92 Å². The second-order valence-electron chi connectivity index (χ2n) is 4.85. The second-order valence-corrected chi connectivity index (χ2v) is 6.21. The summed E-state index contributed by atoms with van der Waals surface area (Å²) in [5.41, 5.74) is 1.90. The van der Waals surface area contributed by atoms with Crippen molar-refractivity contribution in [1.29, 1.82) is 0 Å². The number of carbonyl (C=O) groups excluding carboxylic acids is 1. The lowest BCUT2D eigenvalue weighted by atomic mass is 10.1. The molecule has 116 valence electrons. The Morgan fingerprint density at radius 3 is 2.61 bits per heavy atom. The van der Waals surface area contributed by atoms with Crippen molar-refractivity contribution >= 4 is 17.7 Å². The molecule has 1 N–H and O–H groups in total. The average Bonchev–Trinajstić information content (AvgIpc) is 3.09. The number of ether oxygens (including phenoxy) is 1. The van der Waals surface area contributed by atoms with Crippen LogP contribution < -0.4 is 4.74 Å². The van der Waals surface area contributed by atoms with Crippen molar-refractivity contribution in [2.45, 2.75) is 17.2 Å². The summed E-state index contributed by atoms with van der Waals surface area (Å²) < 4.78 is 5.59. The zero-order valence-corrected chi connectivity index (χ0v) is 13.3. The minimum absolute atomic E-state index is 0.318. The Balaban J connectivity index is 1.76. The largest absolute Gasteiger partial charge is 0.425 e. The summed E-state index contributed by atoms with van der Waals surface area (Å²) in [7, 11) is 0. The van der Waals surface area contributed by atoms with Gasteiger partial charge in [0.15, 0.2) is 0 Å². The molecule has 1 unspecified atom stereocenters. The molecule has 23 heavy (non-hydrogen) atoms. The van der Waals surface area contributed by atoms with Crippen LogP contribution in [0.2, 0.25) is 0 Å². The average molecular weight is 325 g/mol. The van der Waals surface area contributed by atoms with Gasteiger partial charge in [-0.1, -0.05) is 60.3 Å². The highest BCUT2D eigenvalue weighted by atomic mass is 32.2. The molecule has 0 amide bonds. The molecule has 0 saturated heterocycles. The molecule has 0 saturated carbocycles. The molecule has 3 rings (SSSR count). The Labute approximate surface area is 138 Å². The molecule has 0 aliphatic carbocycles. The number of carbonyl (C=O) groups is 1. The van der Waals surface area contributed by atoms with E-state index < -0.39 is 0 Å². The predicted molar refractivity (Wildman–Crippen MR) is 89.2 cm³/mol. The van der Waals surface area contributed by atoms with Crippen molar-refractivity contribution < 1.29 is 9.53 Å². The van der Waals surface area contributed by atoms with E-state index in [4.69, 9.17) is 4.74 Å². The number of thioether (sulfide) groups is 1. The standard InChI is InChI=1S/C17H15N3O2S/c1-12(23-16-11-18-20-19-16)17(21)22-15-10-6-5-9-14(15)13-7-3-2-4-8-13/h2-12H,1H3,(H,18,19,20). The van der Waals surface area contributed by atoms with Gasteiger partial charge >= 0.3 is 5.97 Å². The molecular formula is C17H15N3O2S. The van der Waals surface area contributed by atoms with Crippen molar-refractivity contribution in [1.82, 2.24) is 15.4 Å². The number of para-hydroxylation sites is 1. The third kappa shape index (κ3) is 3.78. The molecule has 0 aliphatic heterocycles. The maximum absolute atomic E-state index is 12.3. The maximum Gasteiger partial charge on any atom is 0.324 e. The summed E-state index contributed by atoms with van der Waals surface area (Å²) in [5.74, 6) is 0.234. The SMILES string of the molecule is CC(Sc1cn[nH]n1)C(=O)Oc1ccccc1-c1ccccc1. The highest BCUT2D eigenvalue weighted by Crippen LogP contribution is 2.30. The van der Waals surface area contributed by atoms with Gasteiger partial charge in [-0.15, -0.1) is 5.10 Å². The summed E-state index contributed by atoms with van der Waals surface area (Å²) in [6.07, 6.45) is 1.58. The number of hydrogen-bond donors (Lipinski definition) is 1. The first-order chi connectivity index (χ1) is 11.2. The van der Waals surface area contributed by atoms with E-state index in [2.05, 4.69) is 15.4 Å². The normalized spacial score (nSPS) is 11.9. The molecule has 1 heterocycles. The lowest BCUT2D eigenvalue weighted by Gasteiger charge is -2.13. The monoisotopic (exact) mass is 325 g/mol. The van der Waals surface area contributed by atoms with Gasteiger partial charge in [0.25, 0.3) is 0 Å². The quantitative estimate of drug-likeness (QED) is 0.441. The summed E-state index contributed by atoms with van der Waals surface area (Å²) in [4.78, 5) is 12.3. The van der Waals surface area contributed by atoms with Crippen molar-refractivity contribution in [3.63, 3.8) is 0 Å². The molecule has 2 aromatic carbocycles. The van der Waals surface area contributed by atoms with Gasteiger partial charge in [0.2, 0.25) is 0 Å². The lowest BCUT2D eigenvalue weighted by molar-refractivity contribution is -0.133. The number of nitrogens with zero attached hydrogens (tertiary/aromatic N) is 2. The number of H-pyrrole nitrogens is 1. The topological polar surface area (TPSA) is 67.9 Å². The van der Waals surface area contributed by atoms with Gasteiger partial charge in [-0.3, -0.25) is 4.79 Å². The predicted octanol–water partition coefficient (Wildman–Crippen LogP) is 3.56. The molecule has 0 spiro atoms. The lowest BCUT2D eigenvalue weighted by Crippen LogP contribution is -2.20. The zero-order chi connectivity index (χ0) is 16.1. The molecular weight excluding hydrogens is 310 g/mol. The highest BCUT2D eigenvalue weighted by molar-refractivity contribution is 8.00. The third-order valence-corrected chi connectivity index (χ3v) is 4.19. The van der Waals surface area contributed by atoms with Crippen LogP contribution in [0.3, 0.4) is 0 Å². The Morgan fingerprint density at radius 2 is 1.87 bits per heavy atom. The zero-order valence-electron chi connectivity index (χ0n) is 12.5. The molecule has 1 atom stereocenters. The van der Waals surface area contributed by atoms with Crippen LogP contribution in [0.25, 0.3) is 11.1 Å². The molecule has 6 heteroatoms. The number of nitrogens with one attached hydrogen (secondary N) is 1. The maximum atomic E-state index is 12.3. The van der Waals surface area contributed by atoms with Crippen LogP contribution >= 0.6 is 11.8 Å². The summed E-state index contributed by atoms with van der Waals surface area (Å²) in [6, 6.07) is 17.3. The number of aromatic amines is 1. The smallest absolute Gasteiger partial charge is 0.324 e. The highest BCUT2D eigenvalue weighted by Gasteiger charge is 2.19. The number of esters is 1. The number of aromatic nitrogens is 3. The van der Waals surface area contributed by atoms with Gasteiger partial charge in [0, 0.05) is 5.56 Å². The van der Waals surface area contributed by atoms with E-state index in [1.54, 1.807) is 19.2 Å². The van der Waals surface area contributed by atoms with Crippen LogP contribution in [0.4, 0.5) is 0 Å². The summed E-state index contributed by atoms with van der Waals surface area (Å²) >= 11 is 1.30. The van der Waals surface area contributed by atoms with E-state index >= 15 is 0 Å². The van der Waals surface area contributed by atoms with Crippen molar-refractivity contribution in [3.8, 4) is 16.9 Å². The minimum atomic E-state index is -0.385. The Bertz CT molecular complexity index is 776. The molecule has 3 aromatic rings. The minimum Gasteiger partial charge on any atom is -0.425 e. The molecule has 0 radical (unpaired) electrons. The summed E-state index contributed by atoms with van der Waals surface area (Å²) in [5, 5.41) is 10.4. The van der Waals surface area contributed by atoms with E-state index in [0.29, 0.717) is 10.8 Å². The van der Waals surface area contributed by atoms with Crippen LogP contribution in [-0.2, 0) is 4.79 Å². The fourth-order valence-corrected chi connectivity index (χ4v) is 2.79. The molecule has 1 aromatic heterocycles. The van der Waals surface area contributed by atoms with Gasteiger partial charge in [0.1, 0.15) is 16.0 Å². The van der Waals surface area contributed by atoms with Crippen molar-refractivity contribution in [2.24, 2.45) is 0 Å². The van der Waals surface area contributed by atoms with Crippen LogP contribution in [0, 0.1) is 0 Å². The van der Waals surface area contributed by atoms with E-state index in [1.807, 2.05) is 48.5 Å². The number of benzene rings is 2. The van der Waals surface area contributed by atoms with Gasteiger partial charge < -0.3 is 4.74 Å². The van der Waals surface area contributed by atoms with E-state index in [1.165, 1.54) is 11.8 Å². The van der Waals surface area contributed by atoms with Crippen LogP contribution in [0.5, 0.6) is 5.75 Å². The van der Waals surface area contributed by atoms with Gasteiger partial charge in [-0.05, 0) is 18.6 Å². The Kier molecular flexibility index (Phi) is 4.73. The molecule has 0 aliphatic rings. The van der Waals surface area contributed by atoms with E-state index in [9.17, 15) is 4.79 Å². The summed E-state index contributed by atoms with van der Waals surface area (Å²) in [6.45, 7) is 1.78. The first kappa shape index (κ1) is 15.3. The second kappa shape index (κ2) is 7.11. The van der Waals surface area contributed by atoms with Gasteiger partial charge in [-0.2, -0.15) is 10.3 Å². The third-order valence-electron chi connectivity index (χ3n) is 3.20. The fraction of sp³-hybridized carbons (Fsp3) is 0.118. The van der Waals surface area contributed by atoms with Crippen LogP contribution in [-0.4, -0.2) is 26.6 Å². The number of hydrogen-bond acceptors (Lipinski definition) is 5. The molecule has 0 bridgehead atoms. The molecule has 5 nitrogen and oxygen atoms in total. The Hall–Kier alpha value is -2.60. The molecule has 0 fully saturated rings. The van der Waals surface area contributed by atoms with Crippen molar-refractivity contribution in [2.75, 3.05) is 0 Å². The fourth-order valence-electron chi connectivity index (χ4n) is 2.08. The first-order valence-corrected chi connectivity index (χ1v) is 8.00. The van der Waals surface area contributed by atoms with Gasteiger partial charge in [0.05, 0.1) is 6.20 Å². The number of rotatable bonds is 5. The van der Waals surface area contributed by atoms with Gasteiger partial charge in [-0.25, -0.2) is 0 Å². The van der Waals surface area contributed by atoms with E-state index in [-0.39, 0.29) is 11.2 Å².